The monoisotopic (exact) mass is 374 g/mol. The lowest BCUT2D eigenvalue weighted by Crippen LogP contribution is -2.49. The number of hydrogen-bond acceptors (Lipinski definition) is 5. The highest BCUT2D eigenvalue weighted by Gasteiger charge is 2.57. The van der Waals surface area contributed by atoms with Crippen LogP contribution < -0.4 is 0 Å². The number of fused-ring (bicyclic) bond motifs is 5. The number of hydrogen-bond donors (Lipinski definition) is 0. The average Bonchev–Trinajstić information content (AvgIpc) is 2.91. The molecule has 4 aliphatic rings. The average molecular weight is 374 g/mol. The van der Waals surface area contributed by atoms with Crippen molar-refractivity contribution >= 4 is 17.7 Å². The molecule has 0 heterocycles. The van der Waals surface area contributed by atoms with Crippen molar-refractivity contribution in [3.8, 4) is 0 Å². The van der Waals surface area contributed by atoms with E-state index < -0.39 is 6.10 Å². The van der Waals surface area contributed by atoms with Gasteiger partial charge in [-0.1, -0.05) is 12.5 Å². The van der Waals surface area contributed by atoms with E-state index in [2.05, 4.69) is 6.92 Å². The second-order valence-electron chi connectivity index (χ2n) is 9.25. The van der Waals surface area contributed by atoms with Gasteiger partial charge in [-0.3, -0.25) is 14.4 Å². The van der Waals surface area contributed by atoms with Crippen LogP contribution in [0.25, 0.3) is 0 Å². The first-order valence-corrected chi connectivity index (χ1v) is 10.4. The topological polar surface area (TPSA) is 69.7 Å². The minimum Gasteiger partial charge on any atom is -0.462 e. The van der Waals surface area contributed by atoms with Crippen LogP contribution in [-0.4, -0.2) is 29.9 Å². The fourth-order valence-electron chi connectivity index (χ4n) is 6.81. The largest absolute Gasteiger partial charge is 0.462 e. The molecule has 148 valence electrons. The van der Waals surface area contributed by atoms with E-state index in [1.807, 2.05) is 0 Å². The predicted octanol–water partition coefficient (Wildman–Crippen LogP) is 3.60. The fraction of sp³-hybridized carbons (Fsp3) is 0.773. The Balaban J connectivity index is 1.55. The van der Waals surface area contributed by atoms with E-state index in [0.717, 1.165) is 38.5 Å². The van der Waals surface area contributed by atoms with Gasteiger partial charge in [0.25, 0.3) is 0 Å². The van der Waals surface area contributed by atoms with Gasteiger partial charge in [-0.2, -0.15) is 0 Å². The first-order valence-electron chi connectivity index (χ1n) is 10.4. The van der Waals surface area contributed by atoms with Crippen molar-refractivity contribution < 1.29 is 23.9 Å². The van der Waals surface area contributed by atoms with Crippen molar-refractivity contribution in [1.29, 1.82) is 0 Å². The summed E-state index contributed by atoms with van der Waals surface area (Å²) in [7, 11) is 0. The Kier molecular flexibility index (Phi) is 4.68. The number of carbonyl (C=O) groups is 3. The highest BCUT2D eigenvalue weighted by Crippen LogP contribution is 2.62. The van der Waals surface area contributed by atoms with E-state index in [4.69, 9.17) is 9.47 Å². The van der Waals surface area contributed by atoms with E-state index in [-0.39, 0.29) is 29.2 Å². The van der Waals surface area contributed by atoms with Gasteiger partial charge in [-0.05, 0) is 74.7 Å². The van der Waals surface area contributed by atoms with Crippen LogP contribution in [0.3, 0.4) is 0 Å². The summed E-state index contributed by atoms with van der Waals surface area (Å²) in [4.78, 5) is 35.2. The third-order valence-corrected chi connectivity index (χ3v) is 7.89. The Morgan fingerprint density at radius 2 is 1.78 bits per heavy atom. The maximum atomic E-state index is 12.3. The van der Waals surface area contributed by atoms with Crippen LogP contribution in [0.4, 0.5) is 0 Å². The second kappa shape index (κ2) is 6.75. The van der Waals surface area contributed by atoms with Gasteiger partial charge >= 0.3 is 11.9 Å². The molecule has 5 heteroatoms. The van der Waals surface area contributed by atoms with Crippen molar-refractivity contribution in [3.63, 3.8) is 0 Å². The first kappa shape index (κ1) is 18.7. The Morgan fingerprint density at radius 1 is 1.04 bits per heavy atom. The van der Waals surface area contributed by atoms with Crippen LogP contribution in [0.5, 0.6) is 0 Å². The molecule has 4 aliphatic carbocycles. The summed E-state index contributed by atoms with van der Waals surface area (Å²) in [5.41, 5.74) is 1.34. The number of ketones is 1. The molecule has 0 unspecified atom stereocenters. The third-order valence-electron chi connectivity index (χ3n) is 7.89. The zero-order valence-corrected chi connectivity index (χ0v) is 16.5. The molecule has 0 aromatic carbocycles. The van der Waals surface area contributed by atoms with Gasteiger partial charge in [0.2, 0.25) is 0 Å². The summed E-state index contributed by atoms with van der Waals surface area (Å²) < 4.78 is 11.0. The smallest absolute Gasteiger partial charge is 0.303 e. The predicted molar refractivity (Wildman–Crippen MR) is 98.6 cm³/mol. The number of ether oxygens (including phenoxy) is 2. The summed E-state index contributed by atoms with van der Waals surface area (Å²) in [5, 5.41) is 0. The molecule has 0 amide bonds. The maximum absolute atomic E-state index is 12.3. The van der Waals surface area contributed by atoms with Crippen LogP contribution in [0, 0.1) is 29.1 Å². The molecule has 0 bridgehead atoms. The Bertz CT molecular complexity index is 695. The van der Waals surface area contributed by atoms with Crippen molar-refractivity contribution in [1.82, 2.24) is 0 Å². The molecule has 7 atom stereocenters. The minimum atomic E-state index is -0.610. The summed E-state index contributed by atoms with van der Waals surface area (Å²) in [6.45, 7) is 5.19. The lowest BCUT2D eigenvalue weighted by atomic mass is 9.52. The Morgan fingerprint density at radius 3 is 2.48 bits per heavy atom. The standard InChI is InChI=1S/C22H30O5/c1-12(23)26-20-11-17-14(10-19(20)25)4-5-16-15(17)8-9-22(3)18(16)6-7-21(22)27-13(2)24/h10,15-18,20-21H,4-9,11H2,1-3H3/t15-,16-,17+,18-,20-,21-,22+/m1/s1. The van der Waals surface area contributed by atoms with Crippen molar-refractivity contribution in [3.05, 3.63) is 11.6 Å². The van der Waals surface area contributed by atoms with Crippen LogP contribution >= 0.6 is 0 Å². The summed E-state index contributed by atoms with van der Waals surface area (Å²) in [5.74, 6) is 1.48. The summed E-state index contributed by atoms with van der Waals surface area (Å²) in [6.07, 6.45) is 8.16. The Hall–Kier alpha value is -1.65. The molecule has 4 rings (SSSR count). The summed E-state index contributed by atoms with van der Waals surface area (Å²) in [6, 6.07) is 0. The van der Waals surface area contributed by atoms with E-state index in [1.165, 1.54) is 19.4 Å². The van der Waals surface area contributed by atoms with Crippen LogP contribution in [-0.2, 0) is 23.9 Å². The molecule has 0 aliphatic heterocycles. The number of rotatable bonds is 2. The van der Waals surface area contributed by atoms with Gasteiger partial charge in [0.15, 0.2) is 11.9 Å². The zero-order chi connectivity index (χ0) is 19.3. The Labute approximate surface area is 160 Å². The fourth-order valence-corrected chi connectivity index (χ4v) is 6.81. The maximum Gasteiger partial charge on any atom is 0.303 e. The molecule has 3 saturated carbocycles. The third kappa shape index (κ3) is 3.13. The van der Waals surface area contributed by atoms with Gasteiger partial charge < -0.3 is 9.47 Å². The molecule has 0 aromatic rings. The molecule has 0 saturated heterocycles. The van der Waals surface area contributed by atoms with Gasteiger partial charge in [0.1, 0.15) is 6.10 Å². The molecule has 3 fully saturated rings. The second-order valence-corrected chi connectivity index (χ2v) is 9.25. The molecule has 0 aromatic heterocycles. The number of esters is 2. The van der Waals surface area contributed by atoms with Crippen LogP contribution in [0.2, 0.25) is 0 Å². The SMILES string of the molecule is CC(=O)O[C@@H]1C[C@H]2C(=CC1=O)CC[C@@H]1[C@H]2CC[C@@]2(C)[C@@H]1CC[C@H]2OC(C)=O. The normalized spacial score (nSPS) is 43.1. The van der Waals surface area contributed by atoms with Crippen molar-refractivity contribution in [2.75, 3.05) is 0 Å². The molecule has 27 heavy (non-hydrogen) atoms. The number of carbonyl (C=O) groups excluding carboxylic acids is 3. The quantitative estimate of drug-likeness (QED) is 0.691. The van der Waals surface area contributed by atoms with Crippen LogP contribution in [0.1, 0.15) is 65.7 Å². The van der Waals surface area contributed by atoms with E-state index in [0.29, 0.717) is 30.1 Å². The van der Waals surface area contributed by atoms with Crippen molar-refractivity contribution in [2.45, 2.75) is 77.9 Å². The van der Waals surface area contributed by atoms with E-state index >= 15 is 0 Å². The van der Waals surface area contributed by atoms with Gasteiger partial charge in [-0.25, -0.2) is 0 Å². The molecular formula is C22H30O5. The lowest BCUT2D eigenvalue weighted by molar-refractivity contribution is -0.158. The highest BCUT2D eigenvalue weighted by molar-refractivity contribution is 5.96. The summed E-state index contributed by atoms with van der Waals surface area (Å²) >= 11 is 0. The molecule has 0 N–H and O–H groups in total. The lowest BCUT2D eigenvalue weighted by Gasteiger charge is -2.53. The molecular weight excluding hydrogens is 344 g/mol. The highest BCUT2D eigenvalue weighted by atomic mass is 16.5. The molecule has 5 nitrogen and oxygen atoms in total. The number of allylic oxidation sites excluding steroid dienone is 1. The molecule has 0 spiro atoms. The molecule has 0 radical (unpaired) electrons. The van der Waals surface area contributed by atoms with Gasteiger partial charge in [-0.15, -0.1) is 0 Å². The van der Waals surface area contributed by atoms with E-state index in [1.54, 1.807) is 6.08 Å². The van der Waals surface area contributed by atoms with Gasteiger partial charge in [0.05, 0.1) is 0 Å². The van der Waals surface area contributed by atoms with Crippen molar-refractivity contribution in [2.24, 2.45) is 29.1 Å². The zero-order valence-electron chi connectivity index (χ0n) is 16.5. The first-order chi connectivity index (χ1) is 12.8. The van der Waals surface area contributed by atoms with E-state index in [9.17, 15) is 14.4 Å². The minimum absolute atomic E-state index is 0.0413. The van der Waals surface area contributed by atoms with Crippen LogP contribution in [0.15, 0.2) is 11.6 Å². The van der Waals surface area contributed by atoms with Gasteiger partial charge in [0, 0.05) is 19.3 Å².